The number of alkyl halides is 2. The first kappa shape index (κ1) is 33.9. The summed E-state index contributed by atoms with van der Waals surface area (Å²) < 4.78 is 34.7. The predicted octanol–water partition coefficient (Wildman–Crippen LogP) is 10.4. The molecule has 0 aliphatic carbocycles. The Kier molecular flexibility index (Phi) is 13.6. The van der Waals surface area contributed by atoms with Gasteiger partial charge in [0.05, 0.1) is 6.04 Å². The minimum absolute atomic E-state index is 0.00654. The Balaban J connectivity index is 1.50. The Morgan fingerprint density at radius 3 is 1.93 bits per heavy atom. The minimum Gasteiger partial charge on any atom is -0.452 e. The van der Waals surface area contributed by atoms with Crippen LogP contribution in [0.15, 0.2) is 72.8 Å². The van der Waals surface area contributed by atoms with Crippen LogP contribution in [0.5, 0.6) is 0 Å². The lowest BCUT2D eigenvalue weighted by molar-refractivity contribution is -0.128. The normalized spacial score (nSPS) is 16.9. The summed E-state index contributed by atoms with van der Waals surface area (Å²) in [5, 5.41) is 0.206. The maximum absolute atomic E-state index is 14.1. The second-order valence-electron chi connectivity index (χ2n) is 11.9. The molecule has 1 saturated heterocycles. The minimum atomic E-state index is -2.53. The Morgan fingerprint density at radius 1 is 0.881 bits per heavy atom. The molecule has 1 fully saturated rings. The SMILES string of the molecule is CCCCCCCC(F)(F)CCCCCCC=CCC(=O)N1C(=S)OC(c2ccccc2)(c2ccccc2)C1C(C)C. The largest absolute Gasteiger partial charge is 0.452 e. The summed E-state index contributed by atoms with van der Waals surface area (Å²) in [4.78, 5) is 15.2. The van der Waals surface area contributed by atoms with Gasteiger partial charge in [-0.3, -0.25) is 9.69 Å². The highest BCUT2D eigenvalue weighted by Gasteiger charge is 2.57. The molecule has 3 nitrogen and oxygen atoms in total. The van der Waals surface area contributed by atoms with Crippen LogP contribution in [0.4, 0.5) is 8.78 Å². The van der Waals surface area contributed by atoms with Crippen molar-refractivity contribution in [3.8, 4) is 0 Å². The molecular formula is C36H49F2NO2S. The van der Waals surface area contributed by atoms with E-state index in [4.69, 9.17) is 17.0 Å². The first-order valence-corrected chi connectivity index (χ1v) is 16.3. The predicted molar refractivity (Wildman–Crippen MR) is 173 cm³/mol. The van der Waals surface area contributed by atoms with Crippen molar-refractivity contribution in [2.75, 3.05) is 0 Å². The van der Waals surface area contributed by atoms with Crippen LogP contribution >= 0.6 is 12.2 Å². The number of rotatable bonds is 18. The molecular weight excluding hydrogens is 548 g/mol. The Hall–Kier alpha value is -2.60. The molecule has 2 aromatic rings. The standard InChI is InChI=1S/C36H49F2NO2S/c1-4-5-6-11-20-27-35(37,38)28-21-12-9-7-8-10-19-26-32(40)39-33(29(2)3)36(41-34(39)42,30-22-15-13-16-23-30)31-24-17-14-18-25-31/h10,13-19,22-25,29,33H,4-9,11-12,20-21,26-28H2,1-3H3. The van der Waals surface area contributed by atoms with Gasteiger partial charge in [0.1, 0.15) is 0 Å². The van der Waals surface area contributed by atoms with Gasteiger partial charge >= 0.3 is 0 Å². The van der Waals surface area contributed by atoms with Crippen molar-refractivity contribution in [1.29, 1.82) is 0 Å². The van der Waals surface area contributed by atoms with Gasteiger partial charge in [-0.05, 0) is 43.8 Å². The number of hydrogen-bond donors (Lipinski definition) is 0. The summed E-state index contributed by atoms with van der Waals surface area (Å²) in [6, 6.07) is 19.7. The monoisotopic (exact) mass is 597 g/mol. The Morgan fingerprint density at radius 2 is 1.40 bits per heavy atom. The van der Waals surface area contributed by atoms with Crippen molar-refractivity contribution in [2.45, 2.75) is 122 Å². The van der Waals surface area contributed by atoms with Crippen molar-refractivity contribution in [1.82, 2.24) is 4.90 Å². The van der Waals surface area contributed by atoms with Gasteiger partial charge in [0.25, 0.3) is 5.17 Å². The molecule has 1 amide bonds. The lowest BCUT2D eigenvalue weighted by atomic mass is 9.75. The summed E-state index contributed by atoms with van der Waals surface area (Å²) >= 11 is 5.69. The second-order valence-corrected chi connectivity index (χ2v) is 12.3. The van der Waals surface area contributed by atoms with Crippen LogP contribution in [-0.4, -0.2) is 27.9 Å². The highest BCUT2D eigenvalue weighted by Crippen LogP contribution is 2.47. The molecule has 0 N–H and O–H groups in total. The molecule has 230 valence electrons. The van der Waals surface area contributed by atoms with Crippen molar-refractivity contribution in [2.24, 2.45) is 5.92 Å². The molecule has 1 unspecified atom stereocenters. The zero-order valence-corrected chi connectivity index (χ0v) is 26.5. The number of halogens is 2. The van der Waals surface area contributed by atoms with Gasteiger partial charge in [0.2, 0.25) is 11.8 Å². The van der Waals surface area contributed by atoms with Gasteiger partial charge in [-0.2, -0.15) is 0 Å². The van der Waals surface area contributed by atoms with Crippen LogP contribution in [-0.2, 0) is 15.1 Å². The van der Waals surface area contributed by atoms with Gasteiger partial charge < -0.3 is 4.74 Å². The summed E-state index contributed by atoms with van der Waals surface area (Å²) in [7, 11) is 0. The number of ether oxygens (including phenoxy) is 1. The fourth-order valence-electron chi connectivity index (χ4n) is 6.08. The van der Waals surface area contributed by atoms with Crippen LogP contribution in [0.25, 0.3) is 0 Å². The molecule has 6 heteroatoms. The van der Waals surface area contributed by atoms with E-state index in [1.54, 1.807) is 4.90 Å². The average molecular weight is 598 g/mol. The smallest absolute Gasteiger partial charge is 0.267 e. The fourth-order valence-corrected chi connectivity index (χ4v) is 6.42. The molecule has 1 heterocycles. The Bertz CT molecular complexity index is 1080. The number of carbonyl (C=O) groups is 1. The van der Waals surface area contributed by atoms with Crippen molar-refractivity contribution < 1.29 is 18.3 Å². The molecule has 0 spiro atoms. The molecule has 2 aromatic carbocycles. The molecule has 1 aliphatic heterocycles. The molecule has 42 heavy (non-hydrogen) atoms. The maximum Gasteiger partial charge on any atom is 0.267 e. The number of thiocarbonyl (C=S) groups is 1. The molecule has 1 aliphatic rings. The number of nitrogens with zero attached hydrogens (tertiary/aromatic N) is 1. The van der Waals surface area contributed by atoms with Crippen LogP contribution in [0.2, 0.25) is 0 Å². The van der Waals surface area contributed by atoms with Gasteiger partial charge in [-0.15, -0.1) is 0 Å². The molecule has 0 bridgehead atoms. The summed E-state index contributed by atoms with van der Waals surface area (Å²) in [5.74, 6) is -2.54. The van der Waals surface area contributed by atoms with E-state index in [-0.39, 0.29) is 42.3 Å². The zero-order chi connectivity index (χ0) is 30.4. The van der Waals surface area contributed by atoms with Gasteiger partial charge in [-0.1, -0.05) is 132 Å². The van der Waals surface area contributed by atoms with Crippen LogP contribution in [0.3, 0.4) is 0 Å². The number of amides is 1. The summed E-state index contributed by atoms with van der Waals surface area (Å²) in [6.45, 7) is 6.33. The van der Waals surface area contributed by atoms with E-state index in [1.807, 2.05) is 72.8 Å². The van der Waals surface area contributed by atoms with Crippen LogP contribution in [0.1, 0.15) is 115 Å². The second kappa shape index (κ2) is 16.9. The van der Waals surface area contributed by atoms with E-state index < -0.39 is 11.5 Å². The van der Waals surface area contributed by atoms with E-state index in [2.05, 4.69) is 20.8 Å². The lowest BCUT2D eigenvalue weighted by Crippen LogP contribution is -2.49. The highest BCUT2D eigenvalue weighted by atomic mass is 32.1. The van der Waals surface area contributed by atoms with E-state index >= 15 is 0 Å². The van der Waals surface area contributed by atoms with E-state index in [0.29, 0.717) is 12.8 Å². The van der Waals surface area contributed by atoms with Crippen molar-refractivity contribution >= 4 is 23.3 Å². The van der Waals surface area contributed by atoms with E-state index in [1.165, 1.54) is 0 Å². The zero-order valence-electron chi connectivity index (χ0n) is 25.7. The van der Waals surface area contributed by atoms with E-state index in [9.17, 15) is 13.6 Å². The van der Waals surface area contributed by atoms with Gasteiger partial charge in [-0.25, -0.2) is 8.78 Å². The number of benzene rings is 2. The quantitative estimate of drug-likeness (QED) is 0.0973. The lowest BCUT2D eigenvalue weighted by Gasteiger charge is -2.38. The Labute approximate surface area is 257 Å². The third-order valence-electron chi connectivity index (χ3n) is 8.21. The first-order valence-electron chi connectivity index (χ1n) is 15.9. The average Bonchev–Trinajstić information content (AvgIpc) is 3.31. The number of carbonyl (C=O) groups excluding carboxylic acids is 1. The first-order chi connectivity index (χ1) is 20.2. The van der Waals surface area contributed by atoms with E-state index in [0.717, 1.165) is 62.5 Å². The third-order valence-corrected chi connectivity index (χ3v) is 8.49. The highest BCUT2D eigenvalue weighted by molar-refractivity contribution is 7.80. The van der Waals surface area contributed by atoms with Crippen molar-refractivity contribution in [3.63, 3.8) is 0 Å². The van der Waals surface area contributed by atoms with Crippen LogP contribution < -0.4 is 0 Å². The third kappa shape index (κ3) is 9.20. The molecule has 0 aromatic heterocycles. The van der Waals surface area contributed by atoms with Gasteiger partial charge in [0.15, 0.2) is 5.60 Å². The fraction of sp³-hybridized carbons (Fsp3) is 0.556. The molecule has 0 radical (unpaired) electrons. The number of hydrogen-bond acceptors (Lipinski definition) is 3. The van der Waals surface area contributed by atoms with Crippen LogP contribution in [0, 0.1) is 5.92 Å². The molecule has 0 saturated carbocycles. The maximum atomic E-state index is 14.1. The summed E-state index contributed by atoms with van der Waals surface area (Å²) in [6.07, 6.45) is 13.1. The summed E-state index contributed by atoms with van der Waals surface area (Å²) in [5.41, 5.74) is 1.04. The molecule has 1 atom stereocenters. The topological polar surface area (TPSA) is 29.5 Å². The number of allylic oxidation sites excluding steroid dienone is 1. The molecule has 3 rings (SSSR count). The van der Waals surface area contributed by atoms with Crippen molar-refractivity contribution in [3.05, 3.63) is 83.9 Å². The number of unbranched alkanes of at least 4 members (excludes halogenated alkanes) is 8. The van der Waals surface area contributed by atoms with Gasteiger partial charge in [0, 0.05) is 30.4 Å².